The zero-order valence-corrected chi connectivity index (χ0v) is 14.0. The number of hydrogen-bond acceptors (Lipinski definition) is 0. The smallest absolute Gasteiger partial charge is 0.0654 e. The van der Waals surface area contributed by atoms with Crippen LogP contribution in [0.1, 0.15) is 71.1 Å². The first kappa shape index (κ1) is 15.9. The zero-order valence-electron chi connectivity index (χ0n) is 13.2. The van der Waals surface area contributed by atoms with Crippen LogP contribution in [-0.4, -0.2) is 11.0 Å². The molecule has 0 bridgehead atoms. The number of hydrogen-bond donors (Lipinski definition) is 0. The Morgan fingerprint density at radius 1 is 0.850 bits per heavy atom. The van der Waals surface area contributed by atoms with Gasteiger partial charge in [0.2, 0.25) is 0 Å². The van der Waals surface area contributed by atoms with Crippen molar-refractivity contribution in [2.75, 3.05) is 5.75 Å². The van der Waals surface area contributed by atoms with E-state index < -0.39 is 0 Å². The highest BCUT2D eigenvalue weighted by molar-refractivity contribution is 7.97. The fraction of sp³-hybridized carbons (Fsp3) is 0.684. The fourth-order valence-electron chi connectivity index (χ4n) is 2.82. The lowest BCUT2D eigenvalue weighted by Crippen LogP contribution is -2.13. The molecule has 1 aliphatic carbocycles. The van der Waals surface area contributed by atoms with E-state index >= 15 is 0 Å². The monoisotopic (exact) mass is 291 g/mol. The van der Waals surface area contributed by atoms with Crippen molar-refractivity contribution in [3.05, 3.63) is 30.3 Å². The van der Waals surface area contributed by atoms with E-state index in [1.807, 2.05) is 0 Å². The first-order chi connectivity index (χ1) is 9.92. The van der Waals surface area contributed by atoms with Gasteiger partial charge < -0.3 is 0 Å². The molecule has 2 rings (SSSR count). The van der Waals surface area contributed by atoms with Gasteiger partial charge in [0.25, 0.3) is 0 Å². The minimum atomic E-state index is 0.561. The van der Waals surface area contributed by atoms with Crippen LogP contribution in [-0.2, 0) is 10.9 Å². The van der Waals surface area contributed by atoms with E-state index in [1.165, 1.54) is 70.0 Å². The van der Waals surface area contributed by atoms with E-state index in [-0.39, 0.29) is 0 Å². The Morgan fingerprint density at radius 2 is 1.45 bits per heavy atom. The van der Waals surface area contributed by atoms with Gasteiger partial charge in [0.1, 0.15) is 11.0 Å². The quantitative estimate of drug-likeness (QED) is 0.348. The minimum absolute atomic E-state index is 0.561. The van der Waals surface area contributed by atoms with E-state index in [2.05, 4.69) is 37.3 Å². The number of rotatable bonds is 11. The van der Waals surface area contributed by atoms with Crippen LogP contribution in [0.5, 0.6) is 0 Å². The van der Waals surface area contributed by atoms with Crippen LogP contribution in [0.15, 0.2) is 35.2 Å². The topological polar surface area (TPSA) is 0 Å². The van der Waals surface area contributed by atoms with Gasteiger partial charge in [0.15, 0.2) is 4.90 Å². The summed E-state index contributed by atoms with van der Waals surface area (Å²) in [5.41, 5.74) is 0. The average molecular weight is 292 g/mol. The van der Waals surface area contributed by atoms with E-state index in [9.17, 15) is 0 Å². The maximum absolute atomic E-state index is 2.35. The zero-order chi connectivity index (χ0) is 14.0. The number of benzene rings is 1. The molecule has 0 heterocycles. The summed E-state index contributed by atoms with van der Waals surface area (Å²) in [5, 5.41) is 1.03. The van der Waals surface area contributed by atoms with Gasteiger partial charge in [0, 0.05) is 23.7 Å². The molecule has 1 aliphatic rings. The van der Waals surface area contributed by atoms with Crippen molar-refractivity contribution in [1.82, 2.24) is 0 Å². The standard InChI is InChI=1S/C19H31S/c1-2-3-4-5-6-7-8-12-17-20(19-15-16-19)18-13-10-9-11-14-18/h9-11,13-14,19H,2-8,12,15-17H2,1H3/q+1. The third-order valence-corrected chi connectivity index (χ3v) is 7.07. The molecular formula is C19H31S+. The summed E-state index contributed by atoms with van der Waals surface area (Å²) >= 11 is 0. The summed E-state index contributed by atoms with van der Waals surface area (Å²) in [6.45, 7) is 2.29. The molecule has 0 aliphatic heterocycles. The van der Waals surface area contributed by atoms with E-state index in [0.29, 0.717) is 10.9 Å². The molecule has 0 amide bonds. The molecule has 1 fully saturated rings. The lowest BCUT2D eigenvalue weighted by molar-refractivity contribution is 0.586. The van der Waals surface area contributed by atoms with Crippen LogP contribution in [0, 0.1) is 0 Å². The van der Waals surface area contributed by atoms with Gasteiger partial charge in [-0.05, 0) is 25.0 Å². The molecule has 0 nitrogen and oxygen atoms in total. The third kappa shape index (κ3) is 5.91. The molecule has 0 N–H and O–H groups in total. The summed E-state index contributed by atoms with van der Waals surface area (Å²) < 4.78 is 0. The van der Waals surface area contributed by atoms with Gasteiger partial charge in [0.05, 0.1) is 0 Å². The first-order valence-corrected chi connectivity index (χ1v) is 10.1. The predicted molar refractivity (Wildman–Crippen MR) is 92.6 cm³/mol. The molecule has 0 saturated heterocycles. The van der Waals surface area contributed by atoms with Crippen LogP contribution < -0.4 is 0 Å². The molecule has 1 saturated carbocycles. The van der Waals surface area contributed by atoms with Crippen molar-refractivity contribution in [1.29, 1.82) is 0 Å². The molecule has 0 radical (unpaired) electrons. The molecule has 1 atom stereocenters. The molecule has 112 valence electrons. The van der Waals surface area contributed by atoms with Crippen molar-refractivity contribution >= 4 is 10.9 Å². The Kier molecular flexibility index (Phi) is 7.57. The van der Waals surface area contributed by atoms with E-state index in [0.717, 1.165) is 5.25 Å². The Balaban J connectivity index is 1.59. The maximum atomic E-state index is 2.35. The van der Waals surface area contributed by atoms with Crippen molar-refractivity contribution in [3.63, 3.8) is 0 Å². The molecule has 1 heteroatoms. The third-order valence-electron chi connectivity index (χ3n) is 4.19. The van der Waals surface area contributed by atoms with Crippen molar-refractivity contribution in [2.45, 2.75) is 81.3 Å². The molecule has 1 unspecified atom stereocenters. The molecular weight excluding hydrogens is 260 g/mol. The second kappa shape index (κ2) is 9.50. The van der Waals surface area contributed by atoms with E-state index in [4.69, 9.17) is 0 Å². The number of unbranched alkanes of at least 4 members (excludes halogenated alkanes) is 7. The molecule has 0 aromatic heterocycles. The Morgan fingerprint density at radius 3 is 2.05 bits per heavy atom. The van der Waals surface area contributed by atoms with Gasteiger partial charge in [-0.2, -0.15) is 0 Å². The molecule has 20 heavy (non-hydrogen) atoms. The van der Waals surface area contributed by atoms with Crippen molar-refractivity contribution < 1.29 is 0 Å². The lowest BCUT2D eigenvalue weighted by Gasteiger charge is -2.07. The average Bonchev–Trinajstić information content (AvgIpc) is 3.31. The van der Waals surface area contributed by atoms with Crippen LogP contribution in [0.4, 0.5) is 0 Å². The summed E-state index contributed by atoms with van der Waals surface area (Å²) in [7, 11) is 0.561. The second-order valence-corrected chi connectivity index (χ2v) is 8.52. The minimum Gasteiger partial charge on any atom is -0.0654 e. The lowest BCUT2D eigenvalue weighted by atomic mass is 10.1. The highest BCUT2D eigenvalue weighted by Crippen LogP contribution is 2.36. The largest absolute Gasteiger partial charge is 0.155 e. The van der Waals surface area contributed by atoms with Crippen molar-refractivity contribution in [2.24, 2.45) is 0 Å². The van der Waals surface area contributed by atoms with Crippen LogP contribution in [0.25, 0.3) is 0 Å². The molecule has 0 spiro atoms. The second-order valence-electron chi connectivity index (χ2n) is 6.12. The van der Waals surface area contributed by atoms with Crippen LogP contribution in [0.3, 0.4) is 0 Å². The van der Waals surface area contributed by atoms with Crippen LogP contribution >= 0.6 is 0 Å². The van der Waals surface area contributed by atoms with E-state index in [1.54, 1.807) is 4.90 Å². The van der Waals surface area contributed by atoms with Crippen LogP contribution in [0.2, 0.25) is 0 Å². The molecule has 1 aromatic carbocycles. The highest BCUT2D eigenvalue weighted by Gasteiger charge is 2.41. The van der Waals surface area contributed by atoms with Gasteiger partial charge in [-0.3, -0.25) is 0 Å². The van der Waals surface area contributed by atoms with Gasteiger partial charge >= 0.3 is 0 Å². The SMILES string of the molecule is CCCCCCCCCC[S+](c1ccccc1)C1CC1. The summed E-state index contributed by atoms with van der Waals surface area (Å²) in [4.78, 5) is 1.62. The summed E-state index contributed by atoms with van der Waals surface area (Å²) in [6.07, 6.45) is 14.5. The molecule has 1 aromatic rings. The summed E-state index contributed by atoms with van der Waals surface area (Å²) in [6, 6.07) is 11.3. The Hall–Kier alpha value is -0.430. The van der Waals surface area contributed by atoms with Gasteiger partial charge in [-0.25, -0.2) is 0 Å². The predicted octanol–water partition coefficient (Wildman–Crippen LogP) is 5.97. The summed E-state index contributed by atoms with van der Waals surface area (Å²) in [5.74, 6) is 1.45. The van der Waals surface area contributed by atoms with Gasteiger partial charge in [-0.1, -0.05) is 63.6 Å². The first-order valence-electron chi connectivity index (χ1n) is 8.66. The maximum Gasteiger partial charge on any atom is 0.155 e. The van der Waals surface area contributed by atoms with Crippen molar-refractivity contribution in [3.8, 4) is 0 Å². The normalized spacial score (nSPS) is 16.2. The Labute approximate surface area is 128 Å². The van der Waals surface area contributed by atoms with Gasteiger partial charge in [-0.15, -0.1) is 0 Å². The highest BCUT2D eigenvalue weighted by atomic mass is 32.2. The fourth-order valence-corrected chi connectivity index (χ4v) is 5.50. The Bertz CT molecular complexity index is 342.